The maximum atomic E-state index is 5.57. The topological polar surface area (TPSA) is 38.5 Å². The molecule has 0 amide bonds. The van der Waals surface area contributed by atoms with E-state index in [-0.39, 0.29) is 5.60 Å². The largest absolute Gasteiger partial charge is 0.365 e. The van der Waals surface area contributed by atoms with Gasteiger partial charge >= 0.3 is 0 Å². The van der Waals surface area contributed by atoms with Crippen LogP contribution in [0.5, 0.6) is 0 Å². The van der Waals surface area contributed by atoms with E-state index in [1.807, 2.05) is 0 Å². The van der Waals surface area contributed by atoms with Crippen molar-refractivity contribution in [1.29, 1.82) is 0 Å². The number of rotatable bonds is 1. The predicted octanol–water partition coefficient (Wildman–Crippen LogP) is 1.05. The first-order valence-electron chi connectivity index (χ1n) is 4.25. The average Bonchev–Trinajstić information content (AvgIpc) is 2.65. The minimum absolute atomic E-state index is 0.271. The molecule has 2 rings (SSSR count). The lowest BCUT2D eigenvalue weighted by atomic mass is 9.86. The molecule has 0 radical (unpaired) electrons. The van der Waals surface area contributed by atoms with E-state index in [9.17, 15) is 0 Å². The van der Waals surface area contributed by atoms with E-state index in [1.54, 1.807) is 0 Å². The molecule has 0 aromatic carbocycles. The number of nitrogens with two attached hydrogens (primary N) is 1. The van der Waals surface area contributed by atoms with E-state index in [0.29, 0.717) is 6.10 Å². The van der Waals surface area contributed by atoms with Gasteiger partial charge in [-0.3, -0.25) is 0 Å². The number of ether oxygens (including phenoxy) is 1. The van der Waals surface area contributed by atoms with Crippen molar-refractivity contribution in [2.24, 2.45) is 5.73 Å². The first-order valence-corrected chi connectivity index (χ1v) is 4.25. The molecule has 58 valence electrons. The molecular formula is C8H15NO. The Bertz CT molecular complexity index is 129. The van der Waals surface area contributed by atoms with Gasteiger partial charge in [0.2, 0.25) is 0 Å². The van der Waals surface area contributed by atoms with Gasteiger partial charge in [0, 0.05) is 6.54 Å². The van der Waals surface area contributed by atoms with Crippen LogP contribution in [0.2, 0.25) is 0 Å². The minimum atomic E-state index is 0.271. The van der Waals surface area contributed by atoms with Crippen molar-refractivity contribution in [3.8, 4) is 0 Å². The smallest absolute Gasteiger partial charge is 0.0995 e. The van der Waals surface area contributed by atoms with Crippen LogP contribution < -0.4 is 5.73 Å². The maximum Gasteiger partial charge on any atom is 0.0995 e. The molecule has 10 heavy (non-hydrogen) atoms. The van der Waals surface area contributed by atoms with Gasteiger partial charge in [-0.2, -0.15) is 0 Å². The molecule has 1 unspecified atom stereocenters. The summed E-state index contributed by atoms with van der Waals surface area (Å²) in [6.07, 6.45) is 7.01. The summed E-state index contributed by atoms with van der Waals surface area (Å²) in [6.45, 7) is 0.722. The highest BCUT2D eigenvalue weighted by Crippen LogP contribution is 2.47. The third kappa shape index (κ3) is 0.867. The summed E-state index contributed by atoms with van der Waals surface area (Å²) in [6, 6.07) is 0. The lowest BCUT2D eigenvalue weighted by Gasteiger charge is -2.17. The van der Waals surface area contributed by atoms with Crippen molar-refractivity contribution in [2.75, 3.05) is 6.54 Å². The van der Waals surface area contributed by atoms with Crippen LogP contribution in [-0.2, 0) is 4.74 Å². The monoisotopic (exact) mass is 141 g/mol. The molecule has 2 N–H and O–H groups in total. The summed E-state index contributed by atoms with van der Waals surface area (Å²) in [7, 11) is 0. The Morgan fingerprint density at radius 2 is 2.00 bits per heavy atom. The number of epoxide rings is 1. The summed E-state index contributed by atoms with van der Waals surface area (Å²) in [5.74, 6) is 0. The molecule has 2 fully saturated rings. The summed E-state index contributed by atoms with van der Waals surface area (Å²) in [5, 5.41) is 0. The summed E-state index contributed by atoms with van der Waals surface area (Å²) >= 11 is 0. The molecular weight excluding hydrogens is 126 g/mol. The Kier molecular flexibility index (Phi) is 1.46. The van der Waals surface area contributed by atoms with Gasteiger partial charge in [0.1, 0.15) is 0 Å². The second-order valence-electron chi connectivity index (χ2n) is 3.47. The van der Waals surface area contributed by atoms with Crippen LogP contribution in [0.1, 0.15) is 32.1 Å². The van der Waals surface area contributed by atoms with Crippen molar-refractivity contribution >= 4 is 0 Å². The average molecular weight is 141 g/mol. The Hall–Kier alpha value is -0.0800. The van der Waals surface area contributed by atoms with Crippen LogP contribution in [0.25, 0.3) is 0 Å². The quantitative estimate of drug-likeness (QED) is 0.554. The van der Waals surface area contributed by atoms with E-state index in [1.165, 1.54) is 32.1 Å². The zero-order chi connectivity index (χ0) is 7.03. The summed E-state index contributed by atoms with van der Waals surface area (Å²) < 4.78 is 5.57. The minimum Gasteiger partial charge on any atom is -0.365 e. The molecule has 0 bridgehead atoms. The van der Waals surface area contributed by atoms with E-state index < -0.39 is 0 Å². The second kappa shape index (κ2) is 2.21. The molecule has 2 heteroatoms. The van der Waals surface area contributed by atoms with E-state index in [0.717, 1.165) is 6.54 Å². The summed E-state index contributed by atoms with van der Waals surface area (Å²) in [5.41, 5.74) is 5.79. The Morgan fingerprint density at radius 3 is 2.50 bits per heavy atom. The van der Waals surface area contributed by atoms with E-state index >= 15 is 0 Å². The maximum absolute atomic E-state index is 5.57. The van der Waals surface area contributed by atoms with Crippen molar-refractivity contribution in [1.82, 2.24) is 0 Å². The van der Waals surface area contributed by atoms with Crippen molar-refractivity contribution in [2.45, 2.75) is 43.8 Å². The van der Waals surface area contributed by atoms with E-state index in [4.69, 9.17) is 10.5 Å². The highest BCUT2D eigenvalue weighted by Gasteiger charge is 2.54. The van der Waals surface area contributed by atoms with Crippen LogP contribution in [0.15, 0.2) is 0 Å². The third-order valence-corrected chi connectivity index (χ3v) is 2.82. The molecule has 1 aliphatic carbocycles. The number of hydrogen-bond donors (Lipinski definition) is 1. The SMILES string of the molecule is NCC1OC12CCCCC2. The van der Waals surface area contributed by atoms with Gasteiger partial charge in [0.25, 0.3) is 0 Å². The van der Waals surface area contributed by atoms with Crippen molar-refractivity contribution < 1.29 is 4.74 Å². The molecule has 1 saturated carbocycles. The second-order valence-corrected chi connectivity index (χ2v) is 3.47. The van der Waals surface area contributed by atoms with Crippen LogP contribution in [0.4, 0.5) is 0 Å². The summed E-state index contributed by atoms with van der Waals surface area (Å²) in [4.78, 5) is 0. The van der Waals surface area contributed by atoms with Gasteiger partial charge in [-0.25, -0.2) is 0 Å². The predicted molar refractivity (Wildman–Crippen MR) is 39.7 cm³/mol. The van der Waals surface area contributed by atoms with Crippen LogP contribution in [-0.4, -0.2) is 18.2 Å². The van der Waals surface area contributed by atoms with E-state index in [2.05, 4.69) is 0 Å². The van der Waals surface area contributed by atoms with Gasteiger partial charge in [0.05, 0.1) is 11.7 Å². The Morgan fingerprint density at radius 1 is 1.30 bits per heavy atom. The fourth-order valence-corrected chi connectivity index (χ4v) is 2.10. The van der Waals surface area contributed by atoms with Gasteiger partial charge in [-0.05, 0) is 12.8 Å². The molecule has 0 aromatic heterocycles. The molecule has 1 atom stereocenters. The Labute approximate surface area is 61.7 Å². The van der Waals surface area contributed by atoms with Gasteiger partial charge in [-0.1, -0.05) is 19.3 Å². The zero-order valence-corrected chi connectivity index (χ0v) is 6.31. The van der Waals surface area contributed by atoms with Crippen molar-refractivity contribution in [3.63, 3.8) is 0 Å². The number of hydrogen-bond acceptors (Lipinski definition) is 2. The van der Waals surface area contributed by atoms with Crippen LogP contribution >= 0.6 is 0 Å². The molecule has 2 aliphatic rings. The molecule has 1 spiro atoms. The molecule has 1 aliphatic heterocycles. The fourth-order valence-electron chi connectivity index (χ4n) is 2.10. The molecule has 1 heterocycles. The first kappa shape index (κ1) is 6.62. The third-order valence-electron chi connectivity index (χ3n) is 2.82. The fraction of sp³-hybridized carbons (Fsp3) is 1.00. The highest BCUT2D eigenvalue weighted by molar-refractivity contribution is 5.04. The molecule has 0 aromatic rings. The zero-order valence-electron chi connectivity index (χ0n) is 6.31. The normalized spacial score (nSPS) is 36.3. The van der Waals surface area contributed by atoms with Gasteiger partial charge in [0.15, 0.2) is 0 Å². The lowest BCUT2D eigenvalue weighted by Crippen LogP contribution is -2.23. The molecule has 1 saturated heterocycles. The van der Waals surface area contributed by atoms with Gasteiger partial charge in [-0.15, -0.1) is 0 Å². The lowest BCUT2D eigenvalue weighted by molar-refractivity contribution is 0.233. The highest BCUT2D eigenvalue weighted by atomic mass is 16.6. The first-order chi connectivity index (χ1) is 4.87. The molecule has 2 nitrogen and oxygen atoms in total. The van der Waals surface area contributed by atoms with Crippen molar-refractivity contribution in [3.05, 3.63) is 0 Å². The standard InChI is InChI=1S/C8H15NO/c9-6-7-8(10-7)4-2-1-3-5-8/h7H,1-6,9H2. The van der Waals surface area contributed by atoms with Gasteiger partial charge < -0.3 is 10.5 Å². The van der Waals surface area contributed by atoms with Crippen LogP contribution in [0.3, 0.4) is 0 Å². The van der Waals surface area contributed by atoms with Crippen LogP contribution in [0, 0.1) is 0 Å². The Balaban J connectivity index is 1.92.